The predicted molar refractivity (Wildman–Crippen MR) is 180 cm³/mol. The molecule has 0 aromatic heterocycles. The molecule has 11 heteroatoms. The number of ether oxygens (including phenoxy) is 2. The SMILES string of the molecule is CCNC(=O)C(Cc1ccccc1)N(Cc1cccc(C)c1)C(=O)CN(c1ccc(Cl)cc1)S(=O)(=O)c1ccc(OC)c(OC)c1. The monoisotopic (exact) mass is 663 g/mol. The summed E-state index contributed by atoms with van der Waals surface area (Å²) in [6.07, 6.45) is 0.230. The standard InChI is InChI=1S/C35H38ClN3O6S/c1-5-37-35(41)31(21-26-11-7-6-8-12-26)38(23-27-13-9-10-25(2)20-27)34(40)24-39(29-16-14-28(36)15-17-29)46(42,43)30-18-19-32(44-3)33(22-30)45-4/h6-20,22,31H,5,21,23-24H2,1-4H3,(H,37,41). The van der Waals surface area contributed by atoms with Crippen molar-refractivity contribution in [3.8, 4) is 11.5 Å². The molecule has 4 aromatic rings. The number of anilines is 1. The summed E-state index contributed by atoms with van der Waals surface area (Å²) in [5, 5.41) is 3.27. The van der Waals surface area contributed by atoms with E-state index in [9.17, 15) is 18.0 Å². The van der Waals surface area contributed by atoms with Gasteiger partial charge in [0.2, 0.25) is 11.8 Å². The van der Waals surface area contributed by atoms with Crippen LogP contribution in [0.4, 0.5) is 5.69 Å². The van der Waals surface area contributed by atoms with Crippen LogP contribution in [0.5, 0.6) is 11.5 Å². The van der Waals surface area contributed by atoms with Crippen molar-refractivity contribution in [3.05, 3.63) is 119 Å². The van der Waals surface area contributed by atoms with Crippen LogP contribution in [0.25, 0.3) is 0 Å². The van der Waals surface area contributed by atoms with E-state index < -0.39 is 28.5 Å². The third kappa shape index (κ3) is 8.38. The Balaban J connectivity index is 1.82. The molecule has 0 spiro atoms. The van der Waals surface area contributed by atoms with Gasteiger partial charge in [-0.15, -0.1) is 0 Å². The maximum atomic E-state index is 14.5. The van der Waals surface area contributed by atoms with Gasteiger partial charge in [0.15, 0.2) is 11.5 Å². The molecule has 0 aliphatic rings. The van der Waals surface area contributed by atoms with Gasteiger partial charge in [-0.2, -0.15) is 0 Å². The van der Waals surface area contributed by atoms with E-state index in [1.165, 1.54) is 49.5 Å². The first-order valence-corrected chi connectivity index (χ1v) is 16.6. The van der Waals surface area contributed by atoms with Crippen LogP contribution in [0.15, 0.2) is 102 Å². The lowest BCUT2D eigenvalue weighted by Gasteiger charge is -2.34. The maximum Gasteiger partial charge on any atom is 0.264 e. The number of aryl methyl sites for hydroxylation is 1. The van der Waals surface area contributed by atoms with Crippen LogP contribution in [0.2, 0.25) is 5.02 Å². The maximum absolute atomic E-state index is 14.5. The molecule has 242 valence electrons. The summed E-state index contributed by atoms with van der Waals surface area (Å²) in [4.78, 5) is 29.5. The molecule has 0 heterocycles. The number of amides is 2. The molecule has 0 aliphatic carbocycles. The summed E-state index contributed by atoms with van der Waals surface area (Å²) in [5.74, 6) is -0.336. The molecule has 0 aliphatic heterocycles. The average Bonchev–Trinajstić information content (AvgIpc) is 3.05. The summed E-state index contributed by atoms with van der Waals surface area (Å²) in [7, 11) is -1.48. The number of halogens is 1. The van der Waals surface area contributed by atoms with E-state index in [1.807, 2.05) is 68.4 Å². The van der Waals surface area contributed by atoms with Crippen LogP contribution in [0.3, 0.4) is 0 Å². The van der Waals surface area contributed by atoms with Crippen LogP contribution < -0.4 is 19.1 Å². The minimum atomic E-state index is -4.34. The third-order valence-electron chi connectivity index (χ3n) is 7.39. The van der Waals surface area contributed by atoms with Crippen LogP contribution >= 0.6 is 11.6 Å². The van der Waals surface area contributed by atoms with Crippen molar-refractivity contribution in [1.29, 1.82) is 0 Å². The lowest BCUT2D eigenvalue weighted by molar-refractivity contribution is -0.140. The molecule has 1 atom stereocenters. The Morgan fingerprint density at radius 2 is 1.52 bits per heavy atom. The first kappa shape index (κ1) is 34.3. The number of carbonyl (C=O) groups excluding carboxylic acids is 2. The van der Waals surface area contributed by atoms with Gasteiger partial charge in [-0.1, -0.05) is 71.8 Å². The number of nitrogens with one attached hydrogen (secondary N) is 1. The van der Waals surface area contributed by atoms with E-state index in [4.69, 9.17) is 21.1 Å². The molecule has 1 N–H and O–H groups in total. The molecule has 0 fully saturated rings. The van der Waals surface area contributed by atoms with Crippen LogP contribution in [0.1, 0.15) is 23.6 Å². The average molecular weight is 664 g/mol. The number of hydrogen-bond acceptors (Lipinski definition) is 6. The normalized spacial score (nSPS) is 11.8. The van der Waals surface area contributed by atoms with Gasteiger partial charge in [0.05, 0.1) is 24.8 Å². The van der Waals surface area contributed by atoms with Gasteiger partial charge < -0.3 is 19.7 Å². The van der Waals surface area contributed by atoms with Crippen molar-refractivity contribution < 1.29 is 27.5 Å². The number of sulfonamides is 1. The zero-order chi connectivity index (χ0) is 33.3. The number of nitrogens with zero attached hydrogens (tertiary/aromatic N) is 2. The minimum absolute atomic E-state index is 0.0833. The van der Waals surface area contributed by atoms with Crippen molar-refractivity contribution in [1.82, 2.24) is 10.2 Å². The molecule has 0 saturated carbocycles. The van der Waals surface area contributed by atoms with Crippen LogP contribution in [-0.2, 0) is 32.6 Å². The van der Waals surface area contributed by atoms with E-state index in [-0.39, 0.29) is 35.2 Å². The molecule has 4 rings (SSSR count). The van der Waals surface area contributed by atoms with Crippen LogP contribution in [-0.4, -0.2) is 58.5 Å². The summed E-state index contributed by atoms with van der Waals surface area (Å²) >= 11 is 6.14. The highest BCUT2D eigenvalue weighted by molar-refractivity contribution is 7.92. The van der Waals surface area contributed by atoms with Gasteiger partial charge in [-0.3, -0.25) is 13.9 Å². The molecule has 1 unspecified atom stereocenters. The van der Waals surface area contributed by atoms with Gasteiger partial charge in [0, 0.05) is 30.6 Å². The fourth-order valence-electron chi connectivity index (χ4n) is 5.09. The quantitative estimate of drug-likeness (QED) is 0.187. The van der Waals surface area contributed by atoms with E-state index in [1.54, 1.807) is 12.1 Å². The lowest BCUT2D eigenvalue weighted by Crippen LogP contribution is -2.53. The molecule has 0 radical (unpaired) electrons. The third-order valence-corrected chi connectivity index (χ3v) is 9.42. The number of benzene rings is 4. The molecule has 0 bridgehead atoms. The minimum Gasteiger partial charge on any atom is -0.493 e. The summed E-state index contributed by atoms with van der Waals surface area (Å²) in [6, 6.07) is 26.5. The highest BCUT2D eigenvalue weighted by Crippen LogP contribution is 2.33. The van der Waals surface area contributed by atoms with Crippen LogP contribution in [0, 0.1) is 6.92 Å². The highest BCUT2D eigenvalue weighted by atomic mass is 35.5. The summed E-state index contributed by atoms with van der Waals surface area (Å²) in [6.45, 7) is 3.61. The molecule has 9 nitrogen and oxygen atoms in total. The Labute approximate surface area is 275 Å². The Bertz CT molecular complexity index is 1750. The van der Waals surface area contributed by atoms with Crippen molar-refractivity contribution in [3.63, 3.8) is 0 Å². The Morgan fingerprint density at radius 1 is 0.848 bits per heavy atom. The zero-order valence-electron chi connectivity index (χ0n) is 26.3. The van der Waals surface area contributed by atoms with E-state index in [0.717, 1.165) is 21.0 Å². The summed E-state index contributed by atoms with van der Waals surface area (Å²) < 4.78 is 40.3. The second kappa shape index (κ2) is 15.6. The van der Waals surface area contributed by atoms with E-state index >= 15 is 0 Å². The van der Waals surface area contributed by atoms with Gasteiger partial charge >= 0.3 is 0 Å². The van der Waals surface area contributed by atoms with Gasteiger partial charge in [-0.05, 0) is 61.4 Å². The highest BCUT2D eigenvalue weighted by Gasteiger charge is 2.35. The lowest BCUT2D eigenvalue weighted by atomic mass is 10.0. The van der Waals surface area contributed by atoms with Crippen molar-refractivity contribution >= 4 is 39.1 Å². The zero-order valence-corrected chi connectivity index (χ0v) is 27.8. The molecule has 46 heavy (non-hydrogen) atoms. The first-order chi connectivity index (χ1) is 22.1. The predicted octanol–water partition coefficient (Wildman–Crippen LogP) is 5.64. The van der Waals surface area contributed by atoms with Gasteiger partial charge in [0.25, 0.3) is 10.0 Å². The molecule has 4 aromatic carbocycles. The topological polar surface area (TPSA) is 105 Å². The first-order valence-electron chi connectivity index (χ1n) is 14.7. The number of carbonyl (C=O) groups is 2. The molecule has 2 amide bonds. The number of methoxy groups -OCH3 is 2. The van der Waals surface area contributed by atoms with Crippen molar-refractivity contribution in [2.75, 3.05) is 31.6 Å². The molecular weight excluding hydrogens is 626 g/mol. The van der Waals surface area contributed by atoms with Crippen molar-refractivity contribution in [2.24, 2.45) is 0 Å². The Kier molecular flexibility index (Phi) is 11.7. The molecule has 0 saturated heterocycles. The van der Waals surface area contributed by atoms with Gasteiger partial charge in [0.1, 0.15) is 12.6 Å². The number of likely N-dealkylation sites (N-methyl/N-ethyl adjacent to an activating group) is 1. The van der Waals surface area contributed by atoms with Gasteiger partial charge in [-0.25, -0.2) is 8.42 Å². The fraction of sp³-hybridized carbons (Fsp3) is 0.257. The number of hydrogen-bond donors (Lipinski definition) is 1. The Morgan fingerprint density at radius 3 is 2.15 bits per heavy atom. The second-order valence-electron chi connectivity index (χ2n) is 10.6. The largest absolute Gasteiger partial charge is 0.493 e. The second-order valence-corrected chi connectivity index (χ2v) is 12.9. The smallest absolute Gasteiger partial charge is 0.264 e. The van der Waals surface area contributed by atoms with E-state index in [0.29, 0.717) is 17.3 Å². The summed E-state index contributed by atoms with van der Waals surface area (Å²) in [5.41, 5.74) is 2.87. The number of rotatable bonds is 14. The van der Waals surface area contributed by atoms with E-state index in [2.05, 4.69) is 5.32 Å². The Hall–Kier alpha value is -4.54. The molecular formula is C35H38ClN3O6S. The fourth-order valence-corrected chi connectivity index (χ4v) is 6.65. The van der Waals surface area contributed by atoms with Crippen molar-refractivity contribution in [2.45, 2.75) is 37.8 Å².